The smallest absolute Gasteiger partial charge is 0.272 e. The molecule has 4 aliphatic rings. The molecule has 1 saturated heterocycles. The molecule has 9 nitrogen and oxygen atoms in total. The first-order valence-electron chi connectivity index (χ1n) is 12.4. The van der Waals surface area contributed by atoms with Gasteiger partial charge >= 0.3 is 0 Å². The molecule has 192 valence electrons. The summed E-state index contributed by atoms with van der Waals surface area (Å²) in [6, 6.07) is 1.67. The van der Waals surface area contributed by atoms with Crippen molar-refractivity contribution < 1.29 is 22.7 Å². The summed E-state index contributed by atoms with van der Waals surface area (Å²) >= 11 is 0. The van der Waals surface area contributed by atoms with Gasteiger partial charge in [-0.15, -0.1) is 0 Å². The molecule has 0 N–H and O–H groups in total. The molecule has 0 saturated carbocycles. The highest BCUT2D eigenvalue weighted by Crippen LogP contribution is 2.48. The van der Waals surface area contributed by atoms with Crippen LogP contribution in [0.1, 0.15) is 44.2 Å². The lowest BCUT2D eigenvalue weighted by Crippen LogP contribution is -2.47. The molecule has 0 bridgehead atoms. The fourth-order valence-corrected chi connectivity index (χ4v) is 7.22. The molecule has 2 unspecified atom stereocenters. The minimum Gasteiger partial charge on any atom is -0.477 e. The minimum atomic E-state index is -3.82. The van der Waals surface area contributed by atoms with Crippen molar-refractivity contribution in [3.63, 3.8) is 0 Å². The van der Waals surface area contributed by atoms with Crippen molar-refractivity contribution in [2.24, 2.45) is 16.8 Å². The summed E-state index contributed by atoms with van der Waals surface area (Å²) < 4.78 is 35.7. The van der Waals surface area contributed by atoms with Crippen molar-refractivity contribution in [3.05, 3.63) is 35.7 Å². The number of sulfonamides is 1. The molecule has 1 aromatic carbocycles. The van der Waals surface area contributed by atoms with Crippen molar-refractivity contribution in [1.29, 1.82) is 0 Å². The lowest BCUT2D eigenvalue weighted by atomic mass is 9.85. The van der Waals surface area contributed by atoms with E-state index in [4.69, 9.17) is 4.74 Å². The lowest BCUT2D eigenvalue weighted by molar-refractivity contribution is -0.127. The van der Waals surface area contributed by atoms with Gasteiger partial charge in [-0.1, -0.05) is 26.3 Å². The Morgan fingerprint density at radius 1 is 1.11 bits per heavy atom. The van der Waals surface area contributed by atoms with Crippen LogP contribution < -0.4 is 9.64 Å². The predicted octanol–water partition coefficient (Wildman–Crippen LogP) is 2.95. The largest absolute Gasteiger partial charge is 0.477 e. The van der Waals surface area contributed by atoms with E-state index in [0.29, 0.717) is 46.9 Å². The fourth-order valence-electron chi connectivity index (χ4n) is 5.45. The zero-order valence-electron chi connectivity index (χ0n) is 21.3. The zero-order valence-corrected chi connectivity index (χ0v) is 22.1. The Balaban J connectivity index is 1.77. The highest BCUT2D eigenvalue weighted by atomic mass is 32.2. The molecular weight excluding hydrogens is 480 g/mol. The third-order valence-corrected chi connectivity index (χ3v) is 9.48. The maximum atomic E-state index is 13.9. The monoisotopic (exact) mass is 512 g/mol. The molecule has 2 amide bonds. The van der Waals surface area contributed by atoms with Gasteiger partial charge in [-0.2, -0.15) is 4.31 Å². The van der Waals surface area contributed by atoms with Crippen LogP contribution in [0.5, 0.6) is 5.75 Å². The maximum absolute atomic E-state index is 13.9. The summed E-state index contributed by atoms with van der Waals surface area (Å²) in [5, 5.41) is 0. The van der Waals surface area contributed by atoms with E-state index in [1.807, 2.05) is 19.9 Å². The standard InChI is InChI=1S/C26H32N4O5S/c1-15(2)23-26(32)29(5)22-16(3)20(36(33,34)30-11-7-6-8-12-30)13-18(24(22)35-23)19-14-28(4)25(31)21-17(19)9-10-27-21/h9-10,13-15,17,23H,6-8,11-12H2,1-5H3. The molecule has 0 aromatic heterocycles. The summed E-state index contributed by atoms with van der Waals surface area (Å²) in [7, 11) is -0.502. The molecule has 1 aromatic rings. The molecule has 5 rings (SSSR count). The molecule has 36 heavy (non-hydrogen) atoms. The number of carbonyl (C=O) groups is 2. The Morgan fingerprint density at radius 3 is 2.47 bits per heavy atom. The third kappa shape index (κ3) is 3.69. The van der Waals surface area contributed by atoms with Gasteiger partial charge in [0, 0.05) is 45.1 Å². The maximum Gasteiger partial charge on any atom is 0.272 e. The summed E-state index contributed by atoms with van der Waals surface area (Å²) in [5.41, 5.74) is 2.58. The number of rotatable bonds is 4. The number of anilines is 1. The number of carbonyl (C=O) groups excluding carboxylic acids is 2. The molecule has 10 heteroatoms. The van der Waals surface area contributed by atoms with E-state index in [9.17, 15) is 18.0 Å². The van der Waals surface area contributed by atoms with Crippen LogP contribution in [0.25, 0.3) is 5.57 Å². The molecule has 0 aliphatic carbocycles. The van der Waals surface area contributed by atoms with Gasteiger partial charge in [0.15, 0.2) is 11.9 Å². The van der Waals surface area contributed by atoms with Crippen LogP contribution >= 0.6 is 0 Å². The average molecular weight is 513 g/mol. The first-order valence-corrected chi connectivity index (χ1v) is 13.8. The Hall–Kier alpha value is -2.98. The number of fused-ring (bicyclic) bond motifs is 2. The highest BCUT2D eigenvalue weighted by molar-refractivity contribution is 7.89. The van der Waals surface area contributed by atoms with Crippen LogP contribution in [0.4, 0.5) is 5.69 Å². The topological polar surface area (TPSA) is 99.6 Å². The van der Waals surface area contributed by atoms with Gasteiger partial charge in [-0.05, 0) is 42.9 Å². The Morgan fingerprint density at radius 2 is 1.81 bits per heavy atom. The second kappa shape index (κ2) is 8.85. The Bertz CT molecular complexity index is 1340. The average Bonchev–Trinajstić information content (AvgIpc) is 3.34. The fraction of sp³-hybridized carbons (Fsp3) is 0.500. The number of likely N-dealkylation sites (N-methyl/N-ethyl adjacent to an activating group) is 1. The van der Waals surface area contributed by atoms with Crippen LogP contribution in [-0.2, 0) is 19.6 Å². The summed E-state index contributed by atoms with van der Waals surface area (Å²) in [6.07, 6.45) is 7.08. The van der Waals surface area contributed by atoms with Crippen molar-refractivity contribution in [3.8, 4) is 5.75 Å². The molecule has 0 radical (unpaired) electrons. The van der Waals surface area contributed by atoms with Gasteiger partial charge in [0.1, 0.15) is 5.71 Å². The summed E-state index contributed by atoms with van der Waals surface area (Å²) in [5.74, 6) is -0.475. The van der Waals surface area contributed by atoms with Crippen LogP contribution in [0.3, 0.4) is 0 Å². The van der Waals surface area contributed by atoms with Crippen LogP contribution in [0, 0.1) is 18.8 Å². The second-order valence-electron chi connectivity index (χ2n) is 10.2. The Labute approximate surface area is 212 Å². The van der Waals surface area contributed by atoms with E-state index in [1.165, 1.54) is 14.1 Å². The van der Waals surface area contributed by atoms with E-state index in [-0.39, 0.29) is 22.6 Å². The van der Waals surface area contributed by atoms with E-state index in [0.717, 1.165) is 19.3 Å². The van der Waals surface area contributed by atoms with Gasteiger partial charge in [0.25, 0.3) is 11.8 Å². The van der Waals surface area contributed by atoms with Gasteiger partial charge < -0.3 is 14.5 Å². The number of allylic oxidation sites excluding steroid dienone is 2. The van der Waals surface area contributed by atoms with Crippen LogP contribution in [0.2, 0.25) is 0 Å². The number of hydrogen-bond donors (Lipinski definition) is 0. The van der Waals surface area contributed by atoms with E-state index < -0.39 is 22.0 Å². The van der Waals surface area contributed by atoms with E-state index in [1.54, 1.807) is 39.5 Å². The van der Waals surface area contributed by atoms with Crippen molar-refractivity contribution in [1.82, 2.24) is 9.21 Å². The number of aliphatic imine (C=N–C) groups is 1. The molecule has 4 aliphatic heterocycles. The predicted molar refractivity (Wildman–Crippen MR) is 137 cm³/mol. The third-order valence-electron chi connectivity index (χ3n) is 7.46. The quantitative estimate of drug-likeness (QED) is 0.618. The number of amides is 2. The highest BCUT2D eigenvalue weighted by Gasteiger charge is 2.42. The summed E-state index contributed by atoms with van der Waals surface area (Å²) in [4.78, 5) is 33.4. The second-order valence-corrected chi connectivity index (χ2v) is 12.1. The normalized spacial score (nSPS) is 24.5. The van der Waals surface area contributed by atoms with Gasteiger partial charge in [0.2, 0.25) is 10.0 Å². The first-order chi connectivity index (χ1) is 17.0. The molecule has 2 atom stereocenters. The number of nitrogens with zero attached hydrogens (tertiary/aromatic N) is 4. The SMILES string of the molecule is Cc1c(S(=O)(=O)N2CCCCC2)cc(C2=CN(C)C(=O)C3=NC=CC23)c2c1N(C)C(=O)C(C(C)C)O2. The molecular formula is C26H32N4O5S. The van der Waals surface area contributed by atoms with Gasteiger partial charge in [-0.3, -0.25) is 14.6 Å². The summed E-state index contributed by atoms with van der Waals surface area (Å²) in [6.45, 7) is 6.50. The van der Waals surface area contributed by atoms with Gasteiger partial charge in [-0.25, -0.2) is 8.42 Å². The molecule has 4 heterocycles. The minimum absolute atomic E-state index is 0.0916. The lowest BCUT2D eigenvalue weighted by Gasteiger charge is -2.38. The molecule has 0 spiro atoms. The molecule has 1 fully saturated rings. The van der Waals surface area contributed by atoms with E-state index >= 15 is 0 Å². The van der Waals surface area contributed by atoms with Crippen molar-refractivity contribution in [2.75, 3.05) is 32.1 Å². The van der Waals surface area contributed by atoms with Crippen LogP contribution in [0.15, 0.2) is 34.4 Å². The number of ether oxygens (including phenoxy) is 1. The van der Waals surface area contributed by atoms with Gasteiger partial charge in [0.05, 0.1) is 16.5 Å². The first kappa shape index (κ1) is 24.7. The van der Waals surface area contributed by atoms with Crippen molar-refractivity contribution in [2.45, 2.75) is 51.0 Å². The number of hydrogen-bond acceptors (Lipinski definition) is 6. The van der Waals surface area contributed by atoms with Crippen molar-refractivity contribution >= 4 is 38.8 Å². The Kier molecular flexibility index (Phi) is 6.07. The number of piperidine rings is 1. The number of benzene rings is 1. The van der Waals surface area contributed by atoms with E-state index in [2.05, 4.69) is 4.99 Å². The zero-order chi connectivity index (χ0) is 25.9. The van der Waals surface area contributed by atoms with Crippen LogP contribution in [-0.4, -0.2) is 68.4 Å².